The number of anilines is 1. The summed E-state index contributed by atoms with van der Waals surface area (Å²) in [6, 6.07) is 0. The fourth-order valence-electron chi connectivity index (χ4n) is 1.54. The minimum absolute atomic E-state index is 0.00822. The van der Waals surface area contributed by atoms with Gasteiger partial charge in [0.15, 0.2) is 0 Å². The van der Waals surface area contributed by atoms with Crippen molar-refractivity contribution in [1.82, 2.24) is 9.36 Å². The number of aromatic nitrogens is 2. The maximum Gasteiger partial charge on any atom is 0.239 e. The first-order valence-electron chi connectivity index (χ1n) is 4.48. The van der Waals surface area contributed by atoms with Crippen LogP contribution in [-0.4, -0.2) is 28.9 Å². The van der Waals surface area contributed by atoms with E-state index in [2.05, 4.69) is 9.36 Å². The standard InChI is InChI=1S/C8H11F2N3S/c1-5-11-8(14-12-5)13-3-6(4-13)2-7(9)10/h6-7H,2-4H2,1H3. The summed E-state index contributed by atoms with van der Waals surface area (Å²) in [5.41, 5.74) is 0. The first kappa shape index (κ1) is 9.76. The summed E-state index contributed by atoms with van der Waals surface area (Å²) >= 11 is 1.33. The Bertz CT molecular complexity index is 309. The van der Waals surface area contributed by atoms with Crippen LogP contribution in [-0.2, 0) is 0 Å². The third-order valence-corrected chi connectivity index (χ3v) is 3.12. The van der Waals surface area contributed by atoms with Crippen LogP contribution >= 0.6 is 11.5 Å². The van der Waals surface area contributed by atoms with Gasteiger partial charge in [0.1, 0.15) is 5.82 Å². The van der Waals surface area contributed by atoms with Crippen molar-refractivity contribution >= 4 is 16.7 Å². The summed E-state index contributed by atoms with van der Waals surface area (Å²) in [7, 11) is 0. The minimum Gasteiger partial charge on any atom is -0.346 e. The molecule has 0 aromatic carbocycles. The maximum absolute atomic E-state index is 12.0. The van der Waals surface area contributed by atoms with Crippen molar-refractivity contribution in [1.29, 1.82) is 0 Å². The molecule has 0 spiro atoms. The third-order valence-electron chi connectivity index (χ3n) is 2.26. The van der Waals surface area contributed by atoms with Crippen molar-refractivity contribution in [2.75, 3.05) is 18.0 Å². The summed E-state index contributed by atoms with van der Waals surface area (Å²) in [6.45, 7) is 3.22. The van der Waals surface area contributed by atoms with Gasteiger partial charge in [-0.2, -0.15) is 4.37 Å². The fourth-order valence-corrected chi connectivity index (χ4v) is 2.23. The van der Waals surface area contributed by atoms with Crippen LogP contribution in [0.2, 0.25) is 0 Å². The van der Waals surface area contributed by atoms with Gasteiger partial charge in [-0.3, -0.25) is 0 Å². The third kappa shape index (κ3) is 2.00. The molecule has 1 saturated heterocycles. The van der Waals surface area contributed by atoms with Crippen molar-refractivity contribution in [3.63, 3.8) is 0 Å². The lowest BCUT2D eigenvalue weighted by Gasteiger charge is -2.38. The van der Waals surface area contributed by atoms with Crippen LogP contribution in [0.15, 0.2) is 0 Å². The van der Waals surface area contributed by atoms with Crippen LogP contribution in [0, 0.1) is 12.8 Å². The molecular formula is C8H11F2N3S. The lowest BCUT2D eigenvalue weighted by atomic mass is 9.97. The second-order valence-electron chi connectivity index (χ2n) is 3.52. The number of halogens is 2. The monoisotopic (exact) mass is 219 g/mol. The number of rotatable bonds is 3. The molecule has 0 radical (unpaired) electrons. The molecule has 6 heteroatoms. The van der Waals surface area contributed by atoms with Crippen molar-refractivity contribution < 1.29 is 8.78 Å². The van der Waals surface area contributed by atoms with Crippen LogP contribution in [0.1, 0.15) is 12.2 Å². The minimum atomic E-state index is -2.18. The van der Waals surface area contributed by atoms with Gasteiger partial charge in [0, 0.05) is 31.0 Å². The lowest BCUT2D eigenvalue weighted by molar-refractivity contribution is 0.107. The molecule has 78 valence electrons. The van der Waals surface area contributed by atoms with Gasteiger partial charge in [0.05, 0.1) is 0 Å². The molecule has 1 fully saturated rings. The van der Waals surface area contributed by atoms with Gasteiger partial charge in [-0.25, -0.2) is 13.8 Å². The zero-order chi connectivity index (χ0) is 10.1. The lowest BCUT2D eigenvalue weighted by Crippen LogP contribution is -2.47. The van der Waals surface area contributed by atoms with Crippen LogP contribution in [0.4, 0.5) is 13.9 Å². The van der Waals surface area contributed by atoms with Crippen molar-refractivity contribution in [3.8, 4) is 0 Å². The molecule has 1 aliphatic rings. The number of hydrogen-bond acceptors (Lipinski definition) is 4. The van der Waals surface area contributed by atoms with Gasteiger partial charge in [0.2, 0.25) is 11.6 Å². The average molecular weight is 219 g/mol. The summed E-state index contributed by atoms with van der Waals surface area (Å²) in [6.07, 6.45) is -2.17. The van der Waals surface area contributed by atoms with Gasteiger partial charge in [-0.05, 0) is 12.8 Å². The fraction of sp³-hybridized carbons (Fsp3) is 0.750. The molecule has 14 heavy (non-hydrogen) atoms. The van der Waals surface area contributed by atoms with Gasteiger partial charge in [0.25, 0.3) is 0 Å². The van der Waals surface area contributed by atoms with E-state index in [4.69, 9.17) is 0 Å². The van der Waals surface area contributed by atoms with Crippen LogP contribution < -0.4 is 4.90 Å². The van der Waals surface area contributed by atoms with E-state index < -0.39 is 6.43 Å². The number of aryl methyl sites for hydroxylation is 1. The first-order valence-corrected chi connectivity index (χ1v) is 5.26. The Morgan fingerprint density at radius 2 is 2.29 bits per heavy atom. The van der Waals surface area contributed by atoms with E-state index in [0.717, 1.165) is 11.0 Å². The van der Waals surface area contributed by atoms with E-state index >= 15 is 0 Å². The molecular weight excluding hydrogens is 208 g/mol. The molecule has 1 aliphatic heterocycles. The molecule has 2 rings (SSSR count). The maximum atomic E-state index is 12.0. The average Bonchev–Trinajstić information content (AvgIpc) is 2.42. The van der Waals surface area contributed by atoms with Gasteiger partial charge >= 0.3 is 0 Å². The van der Waals surface area contributed by atoms with Gasteiger partial charge in [-0.1, -0.05) is 0 Å². The number of hydrogen-bond donors (Lipinski definition) is 0. The zero-order valence-corrected chi connectivity index (χ0v) is 8.60. The molecule has 2 heterocycles. The first-order chi connectivity index (χ1) is 6.65. The van der Waals surface area contributed by atoms with E-state index in [1.165, 1.54) is 11.5 Å². The summed E-state index contributed by atoms with van der Waals surface area (Å²) in [5.74, 6) is 0.876. The topological polar surface area (TPSA) is 29.0 Å². The highest BCUT2D eigenvalue weighted by atomic mass is 32.1. The van der Waals surface area contributed by atoms with Crippen LogP contribution in [0.25, 0.3) is 0 Å². The molecule has 0 unspecified atom stereocenters. The molecule has 0 amide bonds. The molecule has 3 nitrogen and oxygen atoms in total. The molecule has 0 saturated carbocycles. The molecule has 0 aliphatic carbocycles. The molecule has 0 atom stereocenters. The van der Waals surface area contributed by atoms with Crippen molar-refractivity contribution in [2.24, 2.45) is 5.92 Å². The molecule has 0 N–H and O–H groups in total. The highest BCUT2D eigenvalue weighted by molar-refractivity contribution is 7.09. The van der Waals surface area contributed by atoms with Gasteiger partial charge < -0.3 is 4.90 Å². The Morgan fingerprint density at radius 3 is 2.79 bits per heavy atom. The molecule has 1 aromatic rings. The van der Waals surface area contributed by atoms with E-state index in [1.54, 1.807) is 0 Å². The van der Waals surface area contributed by atoms with E-state index in [9.17, 15) is 8.78 Å². The Balaban J connectivity index is 1.83. The number of nitrogens with zero attached hydrogens (tertiary/aromatic N) is 3. The molecule has 0 bridgehead atoms. The summed E-state index contributed by atoms with van der Waals surface area (Å²) < 4.78 is 28.0. The van der Waals surface area contributed by atoms with Crippen LogP contribution in [0.5, 0.6) is 0 Å². The Morgan fingerprint density at radius 1 is 1.57 bits per heavy atom. The normalized spacial score (nSPS) is 17.6. The molecule has 1 aromatic heterocycles. The largest absolute Gasteiger partial charge is 0.346 e. The Kier molecular flexibility index (Phi) is 2.62. The highest BCUT2D eigenvalue weighted by Crippen LogP contribution is 2.29. The van der Waals surface area contributed by atoms with Crippen molar-refractivity contribution in [3.05, 3.63) is 5.82 Å². The zero-order valence-electron chi connectivity index (χ0n) is 7.78. The van der Waals surface area contributed by atoms with Crippen molar-refractivity contribution in [2.45, 2.75) is 19.8 Å². The summed E-state index contributed by atoms with van der Waals surface area (Å²) in [5, 5.41) is 0.855. The van der Waals surface area contributed by atoms with Gasteiger partial charge in [-0.15, -0.1) is 0 Å². The smallest absolute Gasteiger partial charge is 0.239 e. The Labute approximate surface area is 84.9 Å². The second kappa shape index (κ2) is 3.76. The number of alkyl halides is 2. The van der Waals surface area contributed by atoms with E-state index in [1.807, 2.05) is 11.8 Å². The van der Waals surface area contributed by atoms with E-state index in [0.29, 0.717) is 13.1 Å². The van der Waals surface area contributed by atoms with E-state index in [-0.39, 0.29) is 12.3 Å². The predicted molar refractivity (Wildman–Crippen MR) is 51.0 cm³/mol. The predicted octanol–water partition coefficient (Wildman–Crippen LogP) is 1.94. The SMILES string of the molecule is Cc1nsc(N2CC(CC(F)F)C2)n1. The highest BCUT2D eigenvalue weighted by Gasteiger charge is 2.30. The van der Waals surface area contributed by atoms with Crippen LogP contribution in [0.3, 0.4) is 0 Å². The second-order valence-corrected chi connectivity index (χ2v) is 4.25. The summed E-state index contributed by atoms with van der Waals surface area (Å²) in [4.78, 5) is 6.19. The Hall–Kier alpha value is -0.780. The quantitative estimate of drug-likeness (QED) is 0.778.